The van der Waals surface area contributed by atoms with E-state index in [0.29, 0.717) is 17.7 Å². The van der Waals surface area contributed by atoms with Crippen molar-refractivity contribution in [2.75, 3.05) is 0 Å². The minimum atomic E-state index is -0.418. The standard InChI is InChI=1S/C17H17FN4O/c1-11(7-13-9-19-10-21-13)22-17(15-3-2-6-20-15)14-8-12(18)4-5-16(14)23/h2-6,8-11,20,23H,7H2,1H3,(H,19,21)/t11-/m1/s1. The summed E-state index contributed by atoms with van der Waals surface area (Å²) in [5, 5.41) is 10.1. The van der Waals surface area contributed by atoms with Crippen LogP contribution in [0.5, 0.6) is 5.75 Å². The van der Waals surface area contributed by atoms with E-state index in [9.17, 15) is 9.50 Å². The number of imidazole rings is 1. The Bertz CT molecular complexity index is 794. The summed E-state index contributed by atoms with van der Waals surface area (Å²) in [7, 11) is 0. The van der Waals surface area contributed by atoms with Gasteiger partial charge in [0.2, 0.25) is 0 Å². The highest BCUT2D eigenvalue weighted by molar-refractivity contribution is 6.13. The predicted octanol–water partition coefficient (Wildman–Crippen LogP) is 3.05. The van der Waals surface area contributed by atoms with Crippen molar-refractivity contribution in [2.24, 2.45) is 4.99 Å². The fourth-order valence-corrected chi connectivity index (χ4v) is 2.44. The molecule has 0 saturated carbocycles. The summed E-state index contributed by atoms with van der Waals surface area (Å²) >= 11 is 0. The lowest BCUT2D eigenvalue weighted by Gasteiger charge is -2.12. The Kier molecular flexibility index (Phi) is 4.23. The van der Waals surface area contributed by atoms with Crippen LogP contribution in [0.4, 0.5) is 4.39 Å². The van der Waals surface area contributed by atoms with Crippen LogP contribution in [-0.2, 0) is 6.42 Å². The van der Waals surface area contributed by atoms with Gasteiger partial charge in [-0.3, -0.25) is 4.99 Å². The van der Waals surface area contributed by atoms with Gasteiger partial charge in [-0.15, -0.1) is 0 Å². The van der Waals surface area contributed by atoms with Crippen molar-refractivity contribution >= 4 is 5.71 Å². The van der Waals surface area contributed by atoms with Crippen molar-refractivity contribution in [3.63, 3.8) is 0 Å². The summed E-state index contributed by atoms with van der Waals surface area (Å²) in [6.45, 7) is 1.96. The van der Waals surface area contributed by atoms with Crippen LogP contribution in [0.25, 0.3) is 0 Å². The molecule has 3 aromatic rings. The van der Waals surface area contributed by atoms with Crippen LogP contribution in [0.15, 0.2) is 54.0 Å². The Balaban J connectivity index is 1.99. The first-order valence-electron chi connectivity index (χ1n) is 7.31. The average molecular weight is 312 g/mol. The second kappa shape index (κ2) is 6.48. The SMILES string of the molecule is C[C@H](Cc1cnc[nH]1)N=C(c1ccc[nH]1)c1cc(F)ccc1O. The van der Waals surface area contributed by atoms with Crippen LogP contribution in [0.1, 0.15) is 23.9 Å². The summed E-state index contributed by atoms with van der Waals surface area (Å²) in [5.74, 6) is -0.424. The Morgan fingerprint density at radius 1 is 1.35 bits per heavy atom. The highest BCUT2D eigenvalue weighted by atomic mass is 19.1. The smallest absolute Gasteiger partial charge is 0.125 e. The zero-order valence-corrected chi connectivity index (χ0v) is 12.6. The van der Waals surface area contributed by atoms with E-state index >= 15 is 0 Å². The molecule has 0 aliphatic rings. The van der Waals surface area contributed by atoms with Crippen molar-refractivity contribution in [3.8, 4) is 5.75 Å². The topological polar surface area (TPSA) is 77.1 Å². The number of hydrogen-bond donors (Lipinski definition) is 3. The minimum absolute atomic E-state index is 0.00603. The number of aliphatic imine (C=N–C) groups is 1. The van der Waals surface area contributed by atoms with E-state index in [1.807, 2.05) is 19.1 Å². The number of aromatic amines is 2. The molecule has 3 rings (SSSR count). The van der Waals surface area contributed by atoms with Gasteiger partial charge in [-0.2, -0.15) is 0 Å². The highest BCUT2D eigenvalue weighted by Gasteiger charge is 2.15. The second-order valence-electron chi connectivity index (χ2n) is 5.35. The lowest BCUT2D eigenvalue weighted by molar-refractivity contribution is 0.472. The van der Waals surface area contributed by atoms with E-state index < -0.39 is 5.82 Å². The van der Waals surface area contributed by atoms with Crippen molar-refractivity contribution in [3.05, 3.63) is 71.8 Å². The quantitative estimate of drug-likeness (QED) is 0.633. The number of phenolic OH excluding ortho intramolecular Hbond substituents is 1. The number of benzene rings is 1. The van der Waals surface area contributed by atoms with E-state index in [1.54, 1.807) is 18.7 Å². The summed E-state index contributed by atoms with van der Waals surface area (Å²) in [6, 6.07) is 7.45. The van der Waals surface area contributed by atoms with Crippen LogP contribution in [-0.4, -0.2) is 31.8 Å². The van der Waals surface area contributed by atoms with Gasteiger partial charge in [-0.25, -0.2) is 9.37 Å². The van der Waals surface area contributed by atoms with Gasteiger partial charge in [0.1, 0.15) is 11.6 Å². The molecule has 0 unspecified atom stereocenters. The van der Waals surface area contributed by atoms with Gasteiger partial charge < -0.3 is 15.1 Å². The van der Waals surface area contributed by atoms with Gasteiger partial charge in [-0.05, 0) is 37.3 Å². The lowest BCUT2D eigenvalue weighted by Crippen LogP contribution is -2.12. The zero-order chi connectivity index (χ0) is 16.2. The fraction of sp³-hybridized carbons (Fsp3) is 0.176. The van der Waals surface area contributed by atoms with Crippen molar-refractivity contribution in [2.45, 2.75) is 19.4 Å². The van der Waals surface area contributed by atoms with Gasteiger partial charge in [-0.1, -0.05) is 0 Å². The van der Waals surface area contributed by atoms with E-state index in [1.165, 1.54) is 18.2 Å². The normalized spacial score (nSPS) is 13.2. The number of aromatic hydroxyl groups is 1. The third-order valence-corrected chi connectivity index (χ3v) is 3.49. The van der Waals surface area contributed by atoms with Gasteiger partial charge in [0.05, 0.1) is 23.8 Å². The number of hydrogen-bond acceptors (Lipinski definition) is 3. The third-order valence-electron chi connectivity index (χ3n) is 3.49. The van der Waals surface area contributed by atoms with Crippen LogP contribution in [0.3, 0.4) is 0 Å². The molecule has 5 nitrogen and oxygen atoms in total. The molecule has 0 saturated heterocycles. The van der Waals surface area contributed by atoms with E-state index in [0.717, 1.165) is 11.4 Å². The third kappa shape index (κ3) is 3.48. The Morgan fingerprint density at radius 3 is 2.91 bits per heavy atom. The number of H-pyrrole nitrogens is 2. The largest absolute Gasteiger partial charge is 0.507 e. The molecule has 0 spiro atoms. The molecule has 0 aliphatic heterocycles. The maximum absolute atomic E-state index is 13.6. The predicted molar refractivity (Wildman–Crippen MR) is 86.3 cm³/mol. The van der Waals surface area contributed by atoms with E-state index in [-0.39, 0.29) is 11.8 Å². The Morgan fingerprint density at radius 2 is 2.22 bits per heavy atom. The van der Waals surface area contributed by atoms with Crippen LogP contribution in [0.2, 0.25) is 0 Å². The monoisotopic (exact) mass is 312 g/mol. The van der Waals surface area contributed by atoms with E-state index in [2.05, 4.69) is 19.9 Å². The minimum Gasteiger partial charge on any atom is -0.507 e. The molecule has 23 heavy (non-hydrogen) atoms. The summed E-state index contributed by atoms with van der Waals surface area (Å²) in [4.78, 5) is 14.8. The molecule has 118 valence electrons. The van der Waals surface area contributed by atoms with E-state index in [4.69, 9.17) is 0 Å². The Hall–Kier alpha value is -2.89. The van der Waals surface area contributed by atoms with Gasteiger partial charge >= 0.3 is 0 Å². The molecule has 0 bridgehead atoms. The van der Waals surface area contributed by atoms with Gasteiger partial charge in [0.25, 0.3) is 0 Å². The molecule has 0 aliphatic carbocycles. The maximum atomic E-state index is 13.6. The van der Waals surface area contributed by atoms with Crippen molar-refractivity contribution < 1.29 is 9.50 Å². The van der Waals surface area contributed by atoms with Crippen molar-refractivity contribution in [1.29, 1.82) is 0 Å². The molecule has 2 aromatic heterocycles. The number of rotatable bonds is 5. The molecular weight excluding hydrogens is 295 g/mol. The fourth-order valence-electron chi connectivity index (χ4n) is 2.44. The summed E-state index contributed by atoms with van der Waals surface area (Å²) in [6.07, 6.45) is 5.80. The molecule has 0 amide bonds. The van der Waals surface area contributed by atoms with Gasteiger partial charge in [0, 0.05) is 30.1 Å². The molecule has 6 heteroatoms. The Labute approximate surface area is 132 Å². The molecule has 1 atom stereocenters. The van der Waals surface area contributed by atoms with Crippen molar-refractivity contribution in [1.82, 2.24) is 15.0 Å². The molecule has 2 heterocycles. The van der Waals surface area contributed by atoms with Crippen LogP contribution >= 0.6 is 0 Å². The van der Waals surface area contributed by atoms with Crippen LogP contribution in [0, 0.1) is 5.82 Å². The molecule has 0 fully saturated rings. The molecule has 1 aromatic carbocycles. The number of phenols is 1. The van der Waals surface area contributed by atoms with Gasteiger partial charge in [0.15, 0.2) is 0 Å². The molecular formula is C17H17FN4O. The average Bonchev–Trinajstić information content (AvgIpc) is 3.21. The van der Waals surface area contributed by atoms with Crippen LogP contribution < -0.4 is 0 Å². The number of aromatic nitrogens is 3. The maximum Gasteiger partial charge on any atom is 0.125 e. The highest BCUT2D eigenvalue weighted by Crippen LogP contribution is 2.22. The first kappa shape index (κ1) is 15.0. The number of halogens is 1. The molecule has 3 N–H and O–H groups in total. The first-order valence-corrected chi connectivity index (χ1v) is 7.31. The molecule has 0 radical (unpaired) electrons. The first-order chi connectivity index (χ1) is 11.1. The summed E-state index contributed by atoms with van der Waals surface area (Å²) < 4.78 is 13.6. The zero-order valence-electron chi connectivity index (χ0n) is 12.6. The second-order valence-corrected chi connectivity index (χ2v) is 5.35. The summed E-state index contributed by atoms with van der Waals surface area (Å²) in [5.41, 5.74) is 2.58. The number of nitrogens with one attached hydrogen (secondary N) is 2. The number of nitrogens with zero attached hydrogens (tertiary/aromatic N) is 2. The lowest BCUT2D eigenvalue weighted by atomic mass is 10.0.